The first-order chi connectivity index (χ1) is 9.85. The highest BCUT2D eigenvalue weighted by atomic mass is 32.2. The second-order valence-corrected chi connectivity index (χ2v) is 6.98. The van der Waals surface area contributed by atoms with Gasteiger partial charge in [-0.1, -0.05) is 0 Å². The van der Waals surface area contributed by atoms with Gasteiger partial charge in [0.2, 0.25) is 0 Å². The van der Waals surface area contributed by atoms with Crippen LogP contribution in [0, 0.1) is 0 Å². The number of methoxy groups -OCH3 is 1. The molecule has 9 heteroatoms. The lowest BCUT2D eigenvalue weighted by Crippen LogP contribution is -2.39. The molecule has 7 nitrogen and oxygen atoms in total. The van der Waals surface area contributed by atoms with Gasteiger partial charge in [-0.05, 0) is 23.1 Å². The molecule has 0 aromatic carbocycles. The number of aliphatic carboxylic acids is 1. The molecule has 0 fully saturated rings. The summed E-state index contributed by atoms with van der Waals surface area (Å²) in [6.45, 7) is 0.717. The van der Waals surface area contributed by atoms with E-state index in [2.05, 4.69) is 4.72 Å². The summed E-state index contributed by atoms with van der Waals surface area (Å²) in [6.07, 6.45) is 2.52. The molecule has 0 bridgehead atoms. The Bertz CT molecular complexity index is 595. The number of nitrogens with zero attached hydrogens (tertiary/aromatic N) is 1. The molecule has 0 aliphatic rings. The van der Waals surface area contributed by atoms with Gasteiger partial charge in [0, 0.05) is 38.2 Å². The van der Waals surface area contributed by atoms with Crippen LogP contribution >= 0.6 is 11.3 Å². The van der Waals surface area contributed by atoms with Gasteiger partial charge in [0.15, 0.2) is 0 Å². The number of carboxylic acid groups (broad SMARTS) is 1. The molecule has 21 heavy (non-hydrogen) atoms. The van der Waals surface area contributed by atoms with Gasteiger partial charge in [-0.2, -0.15) is 17.4 Å². The van der Waals surface area contributed by atoms with Gasteiger partial charge in [0.25, 0.3) is 10.2 Å². The lowest BCUT2D eigenvalue weighted by Gasteiger charge is -2.16. The van der Waals surface area contributed by atoms with Crippen molar-refractivity contribution in [3.8, 4) is 0 Å². The Balaban J connectivity index is 2.62. The number of carbonyl (C=O) groups is 1. The van der Waals surface area contributed by atoms with Gasteiger partial charge in [0.05, 0.1) is 6.61 Å². The third-order valence-corrected chi connectivity index (χ3v) is 4.94. The maximum absolute atomic E-state index is 11.9. The molecule has 0 saturated carbocycles. The van der Waals surface area contributed by atoms with Crippen molar-refractivity contribution in [2.75, 3.05) is 27.3 Å². The standard InChI is InChI=1S/C12H18N2O5S2/c1-14(21(17,18)13-5-6-19-2)8-10-7-11(20-9-10)3-4-12(15)16/h3-4,7,9,13H,5-6,8H2,1-2H3,(H,15,16)/b4-3+. The molecule has 1 heterocycles. The van der Waals surface area contributed by atoms with Gasteiger partial charge >= 0.3 is 5.97 Å². The monoisotopic (exact) mass is 334 g/mol. The predicted octanol–water partition coefficient (Wildman–Crippen LogP) is 0.759. The van der Waals surface area contributed by atoms with Crippen LogP contribution in [-0.4, -0.2) is 51.1 Å². The molecule has 1 rings (SSSR count). The highest BCUT2D eigenvalue weighted by Gasteiger charge is 2.17. The summed E-state index contributed by atoms with van der Waals surface area (Å²) in [7, 11) is -0.584. The van der Waals surface area contributed by atoms with Crippen molar-refractivity contribution in [3.05, 3.63) is 28.0 Å². The Labute approximate surface area is 128 Å². The van der Waals surface area contributed by atoms with Gasteiger partial charge in [-0.15, -0.1) is 11.3 Å². The summed E-state index contributed by atoms with van der Waals surface area (Å²) in [5.41, 5.74) is 0.796. The Hall–Kier alpha value is -1.26. The van der Waals surface area contributed by atoms with Crippen LogP contribution in [0.4, 0.5) is 0 Å². The zero-order chi connectivity index (χ0) is 15.9. The van der Waals surface area contributed by atoms with Gasteiger partial charge in [-0.25, -0.2) is 4.79 Å². The summed E-state index contributed by atoms with van der Waals surface area (Å²) >= 11 is 1.35. The summed E-state index contributed by atoms with van der Waals surface area (Å²) < 4.78 is 32.2. The maximum Gasteiger partial charge on any atom is 0.328 e. The van der Waals surface area contributed by atoms with E-state index in [1.165, 1.54) is 35.9 Å². The van der Waals surface area contributed by atoms with Crippen molar-refractivity contribution >= 4 is 33.6 Å². The number of carboxylic acids is 1. The average Bonchev–Trinajstić information content (AvgIpc) is 2.84. The normalized spacial score (nSPS) is 12.3. The summed E-state index contributed by atoms with van der Waals surface area (Å²) in [4.78, 5) is 11.2. The predicted molar refractivity (Wildman–Crippen MR) is 81.3 cm³/mol. The van der Waals surface area contributed by atoms with Gasteiger partial charge < -0.3 is 9.84 Å². The lowest BCUT2D eigenvalue weighted by atomic mass is 10.3. The largest absolute Gasteiger partial charge is 0.478 e. The number of hydrogen-bond donors (Lipinski definition) is 2. The molecule has 1 aromatic rings. The van der Waals surface area contributed by atoms with E-state index < -0.39 is 16.2 Å². The van der Waals surface area contributed by atoms with Crippen LogP contribution in [0.1, 0.15) is 10.4 Å². The van der Waals surface area contributed by atoms with Crippen LogP contribution in [0.5, 0.6) is 0 Å². The minimum absolute atomic E-state index is 0.208. The van der Waals surface area contributed by atoms with E-state index in [4.69, 9.17) is 9.84 Å². The van der Waals surface area contributed by atoms with E-state index in [1.807, 2.05) is 0 Å². The van der Waals surface area contributed by atoms with E-state index in [0.717, 1.165) is 16.5 Å². The fraction of sp³-hybridized carbons (Fsp3) is 0.417. The van der Waals surface area contributed by atoms with Crippen LogP contribution in [0.3, 0.4) is 0 Å². The number of hydrogen-bond acceptors (Lipinski definition) is 5. The lowest BCUT2D eigenvalue weighted by molar-refractivity contribution is -0.131. The van der Waals surface area contributed by atoms with Gasteiger partial charge in [-0.3, -0.25) is 0 Å². The molecule has 0 spiro atoms. The Morgan fingerprint density at radius 3 is 2.90 bits per heavy atom. The van der Waals surface area contributed by atoms with Crippen LogP contribution in [-0.2, 0) is 26.3 Å². The van der Waals surface area contributed by atoms with Gasteiger partial charge in [0.1, 0.15) is 0 Å². The molecule has 0 amide bonds. The SMILES string of the molecule is COCCNS(=O)(=O)N(C)Cc1csc(/C=C/C(=O)O)c1. The fourth-order valence-electron chi connectivity index (χ4n) is 1.44. The number of rotatable bonds is 9. The first-order valence-electron chi connectivity index (χ1n) is 6.03. The molecule has 0 aliphatic carbocycles. The fourth-order valence-corrected chi connectivity index (χ4v) is 3.12. The van der Waals surface area contributed by atoms with E-state index in [-0.39, 0.29) is 13.1 Å². The third-order valence-electron chi connectivity index (χ3n) is 2.47. The number of thiophene rings is 1. The topological polar surface area (TPSA) is 95.9 Å². The Morgan fingerprint density at radius 2 is 2.29 bits per heavy atom. The van der Waals surface area contributed by atoms with Crippen LogP contribution in [0.2, 0.25) is 0 Å². The molecule has 0 unspecified atom stereocenters. The Kier molecular flexibility index (Phi) is 6.99. The third kappa shape index (κ3) is 6.36. The first-order valence-corrected chi connectivity index (χ1v) is 8.35. The average molecular weight is 334 g/mol. The van der Waals surface area contributed by atoms with Crippen LogP contribution < -0.4 is 4.72 Å². The van der Waals surface area contributed by atoms with E-state index in [9.17, 15) is 13.2 Å². The van der Waals surface area contributed by atoms with Crippen LogP contribution in [0.15, 0.2) is 17.5 Å². The number of nitrogens with one attached hydrogen (secondary N) is 1. The first kappa shape index (κ1) is 17.8. The molecule has 0 aliphatic heterocycles. The quantitative estimate of drug-likeness (QED) is 0.513. The second-order valence-electron chi connectivity index (χ2n) is 4.18. The molecule has 1 aromatic heterocycles. The number of ether oxygens (including phenoxy) is 1. The van der Waals surface area contributed by atoms with Crippen molar-refractivity contribution in [1.29, 1.82) is 0 Å². The molecular formula is C12H18N2O5S2. The van der Waals surface area contributed by atoms with Crippen molar-refractivity contribution in [2.45, 2.75) is 6.54 Å². The molecule has 0 atom stereocenters. The zero-order valence-corrected chi connectivity index (χ0v) is 13.4. The summed E-state index contributed by atoms with van der Waals surface area (Å²) in [5.74, 6) is -1.02. The van der Waals surface area contributed by atoms with E-state index in [0.29, 0.717) is 6.61 Å². The van der Waals surface area contributed by atoms with Crippen molar-refractivity contribution in [3.63, 3.8) is 0 Å². The van der Waals surface area contributed by atoms with Crippen molar-refractivity contribution < 1.29 is 23.1 Å². The van der Waals surface area contributed by atoms with E-state index in [1.54, 1.807) is 11.4 Å². The summed E-state index contributed by atoms with van der Waals surface area (Å²) in [6, 6.07) is 1.76. The minimum Gasteiger partial charge on any atom is -0.478 e. The molecule has 0 saturated heterocycles. The maximum atomic E-state index is 11.9. The molecule has 118 valence electrons. The smallest absolute Gasteiger partial charge is 0.328 e. The Morgan fingerprint density at radius 1 is 1.57 bits per heavy atom. The van der Waals surface area contributed by atoms with Crippen molar-refractivity contribution in [2.24, 2.45) is 0 Å². The molecular weight excluding hydrogens is 316 g/mol. The van der Waals surface area contributed by atoms with Crippen molar-refractivity contribution in [1.82, 2.24) is 9.03 Å². The summed E-state index contributed by atoms with van der Waals surface area (Å²) in [5, 5.41) is 10.3. The minimum atomic E-state index is -3.55. The highest BCUT2D eigenvalue weighted by Crippen LogP contribution is 2.18. The second kappa shape index (κ2) is 8.25. The molecule has 2 N–H and O–H groups in total. The van der Waals surface area contributed by atoms with Crippen LogP contribution in [0.25, 0.3) is 6.08 Å². The highest BCUT2D eigenvalue weighted by molar-refractivity contribution is 7.87. The zero-order valence-electron chi connectivity index (χ0n) is 11.8. The molecule has 0 radical (unpaired) electrons. The van der Waals surface area contributed by atoms with E-state index >= 15 is 0 Å².